The molecule has 4 aromatic rings. The van der Waals surface area contributed by atoms with Crippen molar-refractivity contribution in [1.82, 2.24) is 4.90 Å². The molecule has 3 aliphatic rings. The van der Waals surface area contributed by atoms with Crippen molar-refractivity contribution in [1.29, 1.82) is 0 Å². The number of pyridine rings is 1. The molecule has 0 radical (unpaired) electrons. The van der Waals surface area contributed by atoms with Gasteiger partial charge >= 0.3 is 12.1 Å². The number of amides is 1. The Labute approximate surface area is 305 Å². The van der Waals surface area contributed by atoms with Crippen molar-refractivity contribution in [2.45, 2.75) is 38.0 Å². The van der Waals surface area contributed by atoms with Crippen LogP contribution < -0.4 is 19.1 Å². The number of halogens is 3. The Kier molecular flexibility index (Phi) is 11.2. The van der Waals surface area contributed by atoms with Crippen molar-refractivity contribution < 1.29 is 33.3 Å². The van der Waals surface area contributed by atoms with Crippen molar-refractivity contribution in [2.24, 2.45) is 5.92 Å². The fourth-order valence-corrected chi connectivity index (χ4v) is 7.31. The van der Waals surface area contributed by atoms with Gasteiger partial charge in [-0.05, 0) is 79.4 Å². The van der Waals surface area contributed by atoms with Crippen LogP contribution in [-0.2, 0) is 22.4 Å². The highest BCUT2D eigenvalue weighted by Gasteiger charge is 2.37. The second kappa shape index (κ2) is 15.8. The van der Waals surface area contributed by atoms with Gasteiger partial charge in [0, 0.05) is 18.5 Å². The molecule has 0 aliphatic carbocycles. The van der Waals surface area contributed by atoms with Crippen LogP contribution in [0, 0.1) is 11.1 Å². The van der Waals surface area contributed by atoms with E-state index in [0.717, 1.165) is 38.0 Å². The molecule has 1 aromatic heterocycles. The zero-order chi connectivity index (χ0) is 35.4. The third kappa shape index (κ3) is 8.05. The van der Waals surface area contributed by atoms with Crippen molar-refractivity contribution in [2.75, 3.05) is 38.8 Å². The number of hydrogen-bond donors (Lipinski definition) is 0. The van der Waals surface area contributed by atoms with Gasteiger partial charge in [0.15, 0.2) is 23.9 Å². The number of para-hydroxylation sites is 1. The number of anilines is 1. The van der Waals surface area contributed by atoms with Crippen LogP contribution in [0.1, 0.15) is 46.0 Å². The summed E-state index contributed by atoms with van der Waals surface area (Å²) in [5, 5.41) is 12.6. The molecule has 3 saturated heterocycles. The molecular weight excluding hydrogens is 705 g/mol. The zero-order valence-electron chi connectivity index (χ0n) is 27.5. The van der Waals surface area contributed by atoms with Gasteiger partial charge in [0.2, 0.25) is 0 Å². The lowest BCUT2D eigenvalue weighted by Gasteiger charge is -2.44. The molecule has 2 bridgehead atoms. The first-order valence-corrected chi connectivity index (χ1v) is 17.3. The van der Waals surface area contributed by atoms with E-state index in [9.17, 15) is 14.8 Å². The van der Waals surface area contributed by atoms with Gasteiger partial charge in [-0.15, -0.1) is 0 Å². The van der Waals surface area contributed by atoms with Crippen LogP contribution in [0.15, 0.2) is 79.1 Å². The van der Waals surface area contributed by atoms with Crippen LogP contribution in [0.5, 0.6) is 11.5 Å². The predicted octanol–water partition coefficient (Wildman–Crippen LogP) is 7.68. The molecule has 4 heterocycles. The van der Waals surface area contributed by atoms with E-state index in [1.54, 1.807) is 60.7 Å². The molecule has 0 unspecified atom stereocenters. The van der Waals surface area contributed by atoms with Gasteiger partial charge in [0.1, 0.15) is 22.3 Å². The van der Waals surface area contributed by atoms with Crippen molar-refractivity contribution in [3.05, 3.63) is 122 Å². The normalized spacial score (nSPS) is 18.6. The van der Waals surface area contributed by atoms with E-state index >= 15 is 0 Å². The number of piperidine rings is 3. The number of hydrogen-bond acceptors (Lipinski definition) is 8. The minimum absolute atomic E-state index is 0.0757. The first-order valence-electron chi connectivity index (χ1n) is 16.2. The third-order valence-electron chi connectivity index (χ3n) is 9.22. The molecule has 50 heavy (non-hydrogen) atoms. The molecule has 7 rings (SSSR count). The number of aromatic nitrogens is 1. The Morgan fingerprint density at radius 3 is 2.22 bits per heavy atom. The molecule has 3 aromatic carbocycles. The van der Waals surface area contributed by atoms with Gasteiger partial charge in [-0.3, -0.25) is 9.80 Å². The average molecular weight is 741 g/mol. The van der Waals surface area contributed by atoms with E-state index in [1.807, 2.05) is 6.07 Å². The summed E-state index contributed by atoms with van der Waals surface area (Å²) in [6.45, 7) is 2.96. The fraction of sp³-hybridized carbons (Fsp3) is 0.324. The van der Waals surface area contributed by atoms with Crippen LogP contribution in [0.4, 0.5) is 10.5 Å². The summed E-state index contributed by atoms with van der Waals surface area (Å²) >= 11 is 19.3. The summed E-state index contributed by atoms with van der Waals surface area (Å²) in [4.78, 5) is 31.1. The molecule has 3 fully saturated rings. The zero-order valence-corrected chi connectivity index (χ0v) is 29.8. The highest BCUT2D eigenvalue weighted by Crippen LogP contribution is 2.36. The van der Waals surface area contributed by atoms with Gasteiger partial charge in [0.25, 0.3) is 0 Å². The van der Waals surface area contributed by atoms with E-state index in [1.165, 1.54) is 31.5 Å². The van der Waals surface area contributed by atoms with Crippen LogP contribution >= 0.6 is 34.8 Å². The first kappa shape index (κ1) is 35.6. The Morgan fingerprint density at radius 2 is 1.60 bits per heavy atom. The average Bonchev–Trinajstić information content (AvgIpc) is 3.12. The van der Waals surface area contributed by atoms with Crippen LogP contribution in [0.25, 0.3) is 0 Å². The van der Waals surface area contributed by atoms with E-state index in [2.05, 4.69) is 4.90 Å². The van der Waals surface area contributed by atoms with Crippen molar-refractivity contribution >= 4 is 52.6 Å². The number of carbonyl (C=O) groups excluding carboxylic acids is 2. The largest absolute Gasteiger partial charge is 0.619 e. The van der Waals surface area contributed by atoms with E-state index in [0.29, 0.717) is 44.0 Å². The third-order valence-corrected chi connectivity index (χ3v) is 10.2. The SMILES string of the molecule is COc1ccc([C@H](Cc2c(Cl)c[n+]([O-])cc2Cl)OC(=O)c2ccc(CN(C(=O)O[C@H]3CN4CCC3CC4)c3ccccc3Cl)cc2)cc1OC. The maximum atomic E-state index is 13.7. The van der Waals surface area contributed by atoms with Crippen molar-refractivity contribution in [3.8, 4) is 11.5 Å². The maximum absolute atomic E-state index is 13.7. The number of rotatable bonds is 11. The number of esters is 1. The molecule has 13 heteroatoms. The van der Waals surface area contributed by atoms with Crippen LogP contribution in [0.2, 0.25) is 15.1 Å². The number of methoxy groups -OCH3 is 2. The molecule has 1 amide bonds. The highest BCUT2D eigenvalue weighted by molar-refractivity contribution is 6.35. The first-order chi connectivity index (χ1) is 24.1. The highest BCUT2D eigenvalue weighted by atomic mass is 35.5. The molecule has 0 saturated carbocycles. The summed E-state index contributed by atoms with van der Waals surface area (Å²) in [6, 6.07) is 19.1. The van der Waals surface area contributed by atoms with Gasteiger partial charge < -0.3 is 24.2 Å². The molecular formula is C37H36Cl3N3O7. The summed E-state index contributed by atoms with van der Waals surface area (Å²) in [7, 11) is 3.03. The minimum Gasteiger partial charge on any atom is -0.619 e. The maximum Gasteiger partial charge on any atom is 0.414 e. The van der Waals surface area contributed by atoms with E-state index < -0.39 is 18.2 Å². The summed E-state index contributed by atoms with van der Waals surface area (Å²) in [5.74, 6) is 0.678. The van der Waals surface area contributed by atoms with E-state index in [-0.39, 0.29) is 34.7 Å². The van der Waals surface area contributed by atoms with Crippen molar-refractivity contribution in [3.63, 3.8) is 0 Å². The second-order valence-corrected chi connectivity index (χ2v) is 13.5. The number of ether oxygens (including phenoxy) is 4. The Hall–Kier alpha value is -4.22. The lowest BCUT2D eigenvalue weighted by molar-refractivity contribution is -0.605. The predicted molar refractivity (Wildman–Crippen MR) is 190 cm³/mol. The molecule has 262 valence electrons. The molecule has 0 N–H and O–H groups in total. The standard InChI is InChI=1S/C37H36Cl3N3O7/c1-47-32-12-11-26(17-34(32)48-2)33(18-27-29(39)20-42(46)21-30(27)40)49-36(44)25-9-7-23(8-10-25)19-43(31-6-4-3-5-28(31)38)37(45)50-35-22-41-15-13-24(35)14-16-41/h3-12,17,20-21,24,33,35H,13-16,18-19,22H2,1-2H3/t33-,35-/m0/s1. The number of benzene rings is 3. The Balaban J connectivity index is 1.22. The smallest absolute Gasteiger partial charge is 0.414 e. The summed E-state index contributed by atoms with van der Waals surface area (Å²) < 4.78 is 23.5. The number of nitrogens with zero attached hydrogens (tertiary/aromatic N) is 3. The Morgan fingerprint density at radius 1 is 0.920 bits per heavy atom. The van der Waals surface area contributed by atoms with Gasteiger partial charge in [-0.2, -0.15) is 4.73 Å². The molecule has 0 spiro atoms. The molecule has 10 nitrogen and oxygen atoms in total. The fourth-order valence-electron chi connectivity index (χ4n) is 6.47. The summed E-state index contributed by atoms with van der Waals surface area (Å²) in [5.41, 5.74) is 2.59. The van der Waals surface area contributed by atoms with Crippen LogP contribution in [0.3, 0.4) is 0 Å². The van der Waals surface area contributed by atoms with Gasteiger partial charge in [-0.25, -0.2) is 9.59 Å². The minimum atomic E-state index is -0.864. The van der Waals surface area contributed by atoms with E-state index in [4.69, 9.17) is 53.8 Å². The lowest BCUT2D eigenvalue weighted by Crippen LogP contribution is -2.53. The summed E-state index contributed by atoms with van der Waals surface area (Å²) in [6.07, 6.45) is 2.97. The number of fused-ring (bicyclic) bond motifs is 3. The van der Waals surface area contributed by atoms with Crippen LogP contribution in [-0.4, -0.2) is 56.9 Å². The Bertz CT molecular complexity index is 1830. The lowest BCUT2D eigenvalue weighted by atomic mass is 9.86. The second-order valence-electron chi connectivity index (χ2n) is 12.3. The quantitative estimate of drug-likeness (QED) is 0.0877. The van der Waals surface area contributed by atoms with Gasteiger partial charge in [0.05, 0.1) is 37.0 Å². The number of carbonyl (C=O) groups is 2. The molecule has 2 atom stereocenters. The molecule has 3 aliphatic heterocycles. The topological polar surface area (TPSA) is 104 Å². The van der Waals surface area contributed by atoms with Gasteiger partial charge in [-0.1, -0.05) is 65.1 Å². The monoisotopic (exact) mass is 739 g/mol.